The van der Waals surface area contributed by atoms with E-state index in [1.54, 1.807) is 11.3 Å². The highest BCUT2D eigenvalue weighted by Crippen LogP contribution is 2.41. The van der Waals surface area contributed by atoms with Crippen molar-refractivity contribution in [2.45, 2.75) is 37.6 Å². The summed E-state index contributed by atoms with van der Waals surface area (Å²) in [5.74, 6) is 0.502. The summed E-state index contributed by atoms with van der Waals surface area (Å²) in [6.07, 6.45) is 12.5. The summed E-state index contributed by atoms with van der Waals surface area (Å²) in [4.78, 5) is 5.77. The third kappa shape index (κ3) is 3.04. The van der Waals surface area contributed by atoms with Gasteiger partial charge < -0.3 is 11.5 Å². The zero-order valence-electron chi connectivity index (χ0n) is 13.7. The first-order valence-electron chi connectivity index (χ1n) is 8.62. The van der Waals surface area contributed by atoms with Gasteiger partial charge in [0.15, 0.2) is 5.13 Å². The third-order valence-corrected chi connectivity index (χ3v) is 6.06. The van der Waals surface area contributed by atoms with Crippen molar-refractivity contribution in [3.05, 3.63) is 54.3 Å². The Morgan fingerprint density at radius 1 is 1.21 bits per heavy atom. The van der Waals surface area contributed by atoms with Crippen molar-refractivity contribution in [3.63, 3.8) is 0 Å². The Hall–Kier alpha value is -1.91. The van der Waals surface area contributed by atoms with E-state index in [-0.39, 0.29) is 5.54 Å². The second-order valence-corrected chi connectivity index (χ2v) is 8.07. The van der Waals surface area contributed by atoms with Gasteiger partial charge in [0.25, 0.3) is 0 Å². The molecule has 1 heterocycles. The smallest absolute Gasteiger partial charge is 0.181 e. The van der Waals surface area contributed by atoms with Crippen LogP contribution in [0.5, 0.6) is 0 Å². The van der Waals surface area contributed by atoms with E-state index in [1.165, 1.54) is 17.6 Å². The largest absolute Gasteiger partial charge is 0.375 e. The van der Waals surface area contributed by atoms with Crippen LogP contribution in [0.1, 0.15) is 37.8 Å². The summed E-state index contributed by atoms with van der Waals surface area (Å²) in [5.41, 5.74) is 15.9. The van der Waals surface area contributed by atoms with Crippen LogP contribution in [0.25, 0.3) is 16.0 Å². The highest BCUT2D eigenvalue weighted by atomic mass is 32.1. The number of hydrogen-bond acceptors (Lipinski definition) is 4. The Morgan fingerprint density at radius 3 is 2.71 bits per heavy atom. The van der Waals surface area contributed by atoms with Crippen LogP contribution in [-0.4, -0.2) is 10.5 Å². The van der Waals surface area contributed by atoms with Crippen LogP contribution in [0.2, 0.25) is 0 Å². The molecule has 0 radical (unpaired) electrons. The van der Waals surface area contributed by atoms with Crippen LogP contribution in [-0.2, 0) is 0 Å². The topological polar surface area (TPSA) is 64.9 Å². The molecule has 2 aliphatic carbocycles. The monoisotopic (exact) mass is 337 g/mol. The average Bonchev–Trinajstić information content (AvgIpc) is 2.96. The Morgan fingerprint density at radius 2 is 2.00 bits per heavy atom. The van der Waals surface area contributed by atoms with Gasteiger partial charge in [0.2, 0.25) is 0 Å². The standard InChI is InChI=1S/C20H23N3S/c21-19-23-17(18(24-19)15-7-2-1-3-8-15)16-9-4-6-14(12-16)13-20(22)10-5-11-20/h1-4,7-9,12,14H,5-6,10-11,13,22H2,(H2,21,23). The Bertz CT molecular complexity index is 784. The first kappa shape index (κ1) is 15.6. The van der Waals surface area contributed by atoms with Gasteiger partial charge in [-0.15, -0.1) is 0 Å². The molecule has 0 spiro atoms. The molecule has 4 heteroatoms. The fraction of sp³-hybridized carbons (Fsp3) is 0.350. The van der Waals surface area contributed by atoms with Crippen LogP contribution in [0.4, 0.5) is 5.13 Å². The van der Waals surface area contributed by atoms with Crippen LogP contribution in [0, 0.1) is 5.92 Å². The Kier molecular flexibility index (Phi) is 4.02. The lowest BCUT2D eigenvalue weighted by molar-refractivity contribution is 0.209. The number of anilines is 1. The molecule has 4 N–H and O–H groups in total. The van der Waals surface area contributed by atoms with E-state index in [0.29, 0.717) is 11.0 Å². The van der Waals surface area contributed by atoms with Gasteiger partial charge in [-0.2, -0.15) is 0 Å². The number of thiazole rings is 1. The quantitative estimate of drug-likeness (QED) is 0.855. The lowest BCUT2D eigenvalue weighted by atomic mass is 9.71. The summed E-state index contributed by atoms with van der Waals surface area (Å²) in [6.45, 7) is 0. The minimum absolute atomic E-state index is 0.0564. The Labute approximate surface area is 147 Å². The van der Waals surface area contributed by atoms with Crippen LogP contribution >= 0.6 is 11.3 Å². The normalized spacial score (nSPS) is 22.0. The van der Waals surface area contributed by atoms with Crippen LogP contribution < -0.4 is 11.5 Å². The fourth-order valence-electron chi connectivity index (χ4n) is 3.72. The molecule has 0 aliphatic heterocycles. The number of benzene rings is 1. The zero-order chi connectivity index (χ0) is 16.6. The molecule has 0 amide bonds. The fourth-order valence-corrected chi connectivity index (χ4v) is 4.58. The molecule has 3 nitrogen and oxygen atoms in total. The van der Waals surface area contributed by atoms with E-state index < -0.39 is 0 Å². The summed E-state index contributed by atoms with van der Waals surface area (Å²) in [5, 5.41) is 0.620. The molecule has 1 saturated carbocycles. The highest BCUT2D eigenvalue weighted by molar-refractivity contribution is 7.19. The van der Waals surface area contributed by atoms with Gasteiger partial charge in [0.05, 0.1) is 10.6 Å². The molecule has 1 aromatic heterocycles. The predicted octanol–water partition coefficient (Wildman–Crippen LogP) is 4.62. The molecule has 0 bridgehead atoms. The van der Waals surface area contributed by atoms with Gasteiger partial charge in [-0.3, -0.25) is 0 Å². The molecule has 0 saturated heterocycles. The van der Waals surface area contributed by atoms with Crippen molar-refractivity contribution in [2.24, 2.45) is 11.7 Å². The van der Waals surface area contributed by atoms with Crippen molar-refractivity contribution in [2.75, 3.05) is 5.73 Å². The summed E-state index contributed by atoms with van der Waals surface area (Å²) >= 11 is 1.56. The first-order valence-corrected chi connectivity index (χ1v) is 9.44. The van der Waals surface area contributed by atoms with E-state index in [0.717, 1.165) is 36.3 Å². The molecular formula is C20H23N3S. The lowest BCUT2D eigenvalue weighted by Gasteiger charge is -2.40. The second-order valence-electron chi connectivity index (χ2n) is 7.04. The highest BCUT2D eigenvalue weighted by Gasteiger charge is 2.34. The Balaban J connectivity index is 1.65. The summed E-state index contributed by atoms with van der Waals surface area (Å²) in [6, 6.07) is 10.4. The van der Waals surface area contributed by atoms with Crippen molar-refractivity contribution in [1.29, 1.82) is 0 Å². The van der Waals surface area contributed by atoms with Gasteiger partial charge in [-0.1, -0.05) is 59.9 Å². The number of hydrogen-bond donors (Lipinski definition) is 2. The molecule has 4 rings (SSSR count). The average molecular weight is 337 g/mol. The zero-order valence-corrected chi connectivity index (χ0v) is 14.6. The molecule has 1 fully saturated rings. The SMILES string of the molecule is Nc1nc(C2=CC(CC3(N)CCC3)CC=C2)c(-c2ccccc2)s1. The second kappa shape index (κ2) is 6.19. The summed E-state index contributed by atoms with van der Waals surface area (Å²) in [7, 11) is 0. The molecular weight excluding hydrogens is 314 g/mol. The third-order valence-electron chi connectivity index (χ3n) is 5.12. The van der Waals surface area contributed by atoms with Gasteiger partial charge >= 0.3 is 0 Å². The molecule has 1 atom stereocenters. The van der Waals surface area contributed by atoms with Crippen molar-refractivity contribution in [3.8, 4) is 10.4 Å². The van der Waals surface area contributed by atoms with Gasteiger partial charge in [-0.05, 0) is 49.2 Å². The number of nitrogens with two attached hydrogens (primary N) is 2. The lowest BCUT2D eigenvalue weighted by Crippen LogP contribution is -2.47. The number of rotatable bonds is 4. The van der Waals surface area contributed by atoms with Crippen molar-refractivity contribution in [1.82, 2.24) is 4.98 Å². The number of nitrogen functional groups attached to an aromatic ring is 1. The van der Waals surface area contributed by atoms with Crippen LogP contribution in [0.3, 0.4) is 0 Å². The number of nitrogens with zero attached hydrogens (tertiary/aromatic N) is 1. The maximum atomic E-state index is 6.46. The summed E-state index contributed by atoms with van der Waals surface area (Å²) < 4.78 is 0. The van der Waals surface area contributed by atoms with E-state index in [9.17, 15) is 0 Å². The van der Waals surface area contributed by atoms with E-state index >= 15 is 0 Å². The molecule has 2 aliphatic rings. The van der Waals surface area contributed by atoms with Crippen molar-refractivity contribution < 1.29 is 0 Å². The maximum Gasteiger partial charge on any atom is 0.181 e. The predicted molar refractivity (Wildman–Crippen MR) is 103 cm³/mol. The molecule has 24 heavy (non-hydrogen) atoms. The molecule has 2 aromatic rings. The molecule has 1 aromatic carbocycles. The maximum absolute atomic E-state index is 6.46. The minimum Gasteiger partial charge on any atom is -0.375 e. The van der Waals surface area contributed by atoms with E-state index in [2.05, 4.69) is 47.5 Å². The number of aromatic nitrogens is 1. The van der Waals surface area contributed by atoms with Crippen molar-refractivity contribution >= 4 is 22.0 Å². The van der Waals surface area contributed by atoms with Crippen LogP contribution in [0.15, 0.2) is 48.6 Å². The molecule has 1 unspecified atom stereocenters. The molecule has 124 valence electrons. The van der Waals surface area contributed by atoms with E-state index in [1.807, 2.05) is 6.07 Å². The van der Waals surface area contributed by atoms with E-state index in [4.69, 9.17) is 11.5 Å². The first-order chi connectivity index (χ1) is 11.6. The van der Waals surface area contributed by atoms with Gasteiger partial charge in [-0.25, -0.2) is 4.98 Å². The minimum atomic E-state index is 0.0564. The number of allylic oxidation sites excluding steroid dienone is 4. The van der Waals surface area contributed by atoms with Gasteiger partial charge in [0.1, 0.15) is 0 Å². The van der Waals surface area contributed by atoms with Gasteiger partial charge in [0, 0.05) is 5.54 Å².